The van der Waals surface area contributed by atoms with E-state index in [1.165, 1.54) is 0 Å². The van der Waals surface area contributed by atoms with Gasteiger partial charge < -0.3 is 10.6 Å². The molecule has 1 fully saturated rings. The molecule has 1 aromatic rings. The van der Waals surface area contributed by atoms with Crippen LogP contribution in [0.1, 0.15) is 30.6 Å². The second kappa shape index (κ2) is 4.31. The molecule has 0 saturated carbocycles. The third kappa shape index (κ3) is 2.05. The van der Waals surface area contributed by atoms with Crippen LogP contribution >= 0.6 is 11.6 Å². The molecule has 1 aliphatic rings. The van der Waals surface area contributed by atoms with Crippen molar-refractivity contribution >= 4 is 17.5 Å². The van der Waals surface area contributed by atoms with Crippen LogP contribution in [0.15, 0.2) is 24.3 Å². The topological polar surface area (TPSA) is 46.3 Å². The molecule has 0 radical (unpaired) electrons. The van der Waals surface area contributed by atoms with Crippen molar-refractivity contribution in [2.75, 3.05) is 6.54 Å². The number of carbonyl (C=O) groups is 1. The average molecular weight is 253 g/mol. The molecule has 1 aliphatic heterocycles. The number of carbonyl (C=O) groups excluding carboxylic acids is 1. The van der Waals surface area contributed by atoms with Crippen molar-refractivity contribution in [2.45, 2.75) is 31.8 Å². The van der Waals surface area contributed by atoms with Crippen molar-refractivity contribution in [3.05, 3.63) is 34.9 Å². The van der Waals surface area contributed by atoms with Crippen molar-refractivity contribution in [1.82, 2.24) is 4.90 Å². The number of hydrogen-bond donors (Lipinski definition) is 1. The van der Waals surface area contributed by atoms with Crippen molar-refractivity contribution in [3.63, 3.8) is 0 Å². The Bertz CT molecular complexity index is 445. The van der Waals surface area contributed by atoms with E-state index < -0.39 is 0 Å². The van der Waals surface area contributed by atoms with Gasteiger partial charge in [-0.15, -0.1) is 0 Å². The first-order chi connectivity index (χ1) is 7.94. The van der Waals surface area contributed by atoms with E-state index in [0.717, 1.165) is 6.42 Å². The number of nitrogens with zero attached hydrogens (tertiary/aromatic N) is 1. The maximum atomic E-state index is 12.4. The van der Waals surface area contributed by atoms with Gasteiger partial charge in [-0.3, -0.25) is 4.79 Å². The summed E-state index contributed by atoms with van der Waals surface area (Å²) in [5.41, 5.74) is 6.27. The van der Waals surface area contributed by atoms with Gasteiger partial charge in [0.15, 0.2) is 0 Å². The van der Waals surface area contributed by atoms with Crippen LogP contribution in [-0.2, 0) is 0 Å². The summed E-state index contributed by atoms with van der Waals surface area (Å²) in [4.78, 5) is 14.2. The Balaban J connectivity index is 2.31. The summed E-state index contributed by atoms with van der Waals surface area (Å²) in [7, 11) is 0. The minimum absolute atomic E-state index is 0.0222. The number of rotatable bonds is 1. The summed E-state index contributed by atoms with van der Waals surface area (Å²) in [5, 5.41) is 0.494. The zero-order valence-corrected chi connectivity index (χ0v) is 10.9. The lowest BCUT2D eigenvalue weighted by Crippen LogP contribution is -2.51. The van der Waals surface area contributed by atoms with Gasteiger partial charge >= 0.3 is 0 Å². The Morgan fingerprint density at radius 2 is 2.12 bits per heavy atom. The lowest BCUT2D eigenvalue weighted by atomic mass is 9.96. The molecule has 92 valence electrons. The molecule has 17 heavy (non-hydrogen) atoms. The van der Waals surface area contributed by atoms with Gasteiger partial charge in [0.25, 0.3) is 5.91 Å². The van der Waals surface area contributed by atoms with Gasteiger partial charge in [0.05, 0.1) is 16.1 Å². The summed E-state index contributed by atoms with van der Waals surface area (Å²) in [6.45, 7) is 4.69. The molecule has 1 saturated heterocycles. The highest BCUT2D eigenvalue weighted by Crippen LogP contribution is 2.30. The summed E-state index contributed by atoms with van der Waals surface area (Å²) >= 11 is 6.05. The Morgan fingerprint density at radius 3 is 2.65 bits per heavy atom. The summed E-state index contributed by atoms with van der Waals surface area (Å²) < 4.78 is 0. The predicted molar refractivity (Wildman–Crippen MR) is 69.2 cm³/mol. The molecular weight excluding hydrogens is 236 g/mol. The van der Waals surface area contributed by atoms with Gasteiger partial charge in [-0.05, 0) is 32.4 Å². The molecule has 1 amide bonds. The Labute approximate surface area is 107 Å². The number of hydrogen-bond acceptors (Lipinski definition) is 2. The van der Waals surface area contributed by atoms with E-state index in [0.29, 0.717) is 17.1 Å². The maximum absolute atomic E-state index is 12.4. The van der Waals surface area contributed by atoms with Crippen LogP contribution in [0.25, 0.3) is 0 Å². The van der Waals surface area contributed by atoms with E-state index in [4.69, 9.17) is 17.3 Å². The molecular formula is C13H17ClN2O. The lowest BCUT2D eigenvalue weighted by Gasteiger charge is -2.34. The molecule has 2 rings (SSSR count). The molecule has 2 N–H and O–H groups in total. The van der Waals surface area contributed by atoms with E-state index >= 15 is 0 Å². The van der Waals surface area contributed by atoms with E-state index in [2.05, 4.69) is 0 Å². The van der Waals surface area contributed by atoms with Crippen LogP contribution in [0.3, 0.4) is 0 Å². The number of likely N-dealkylation sites (tertiary alicyclic amines) is 1. The monoisotopic (exact) mass is 252 g/mol. The van der Waals surface area contributed by atoms with Gasteiger partial charge in [0.2, 0.25) is 0 Å². The fourth-order valence-electron chi connectivity index (χ4n) is 2.25. The first-order valence-corrected chi connectivity index (χ1v) is 6.14. The highest BCUT2D eigenvalue weighted by Gasteiger charge is 2.42. The zero-order chi connectivity index (χ0) is 12.6. The number of benzene rings is 1. The summed E-state index contributed by atoms with van der Waals surface area (Å²) in [5.74, 6) is -0.0337. The molecule has 1 aromatic carbocycles. The van der Waals surface area contributed by atoms with E-state index in [-0.39, 0.29) is 17.5 Å². The van der Waals surface area contributed by atoms with Crippen molar-refractivity contribution in [1.29, 1.82) is 0 Å². The van der Waals surface area contributed by atoms with Crippen LogP contribution in [0.4, 0.5) is 0 Å². The Kier molecular flexibility index (Phi) is 3.15. The predicted octanol–water partition coefficient (Wildman–Crippen LogP) is 2.29. The Morgan fingerprint density at radius 1 is 1.47 bits per heavy atom. The molecule has 1 unspecified atom stereocenters. The lowest BCUT2D eigenvalue weighted by molar-refractivity contribution is 0.0637. The molecule has 1 heterocycles. The van der Waals surface area contributed by atoms with Crippen LogP contribution in [-0.4, -0.2) is 28.9 Å². The highest BCUT2D eigenvalue weighted by atomic mass is 35.5. The Hall–Kier alpha value is -1.06. The van der Waals surface area contributed by atoms with E-state index in [9.17, 15) is 4.79 Å². The number of nitrogens with two attached hydrogens (primary N) is 1. The zero-order valence-electron chi connectivity index (χ0n) is 10.1. The van der Waals surface area contributed by atoms with Crippen LogP contribution in [0.5, 0.6) is 0 Å². The van der Waals surface area contributed by atoms with Crippen molar-refractivity contribution < 1.29 is 4.79 Å². The highest BCUT2D eigenvalue weighted by molar-refractivity contribution is 6.33. The normalized spacial score (nSPS) is 22.8. The van der Waals surface area contributed by atoms with Gasteiger partial charge in [0.1, 0.15) is 0 Å². The number of halogens is 1. The fraction of sp³-hybridized carbons (Fsp3) is 0.462. The molecule has 0 aliphatic carbocycles. The molecule has 0 spiro atoms. The molecule has 0 aromatic heterocycles. The van der Waals surface area contributed by atoms with Crippen LogP contribution in [0.2, 0.25) is 5.02 Å². The largest absolute Gasteiger partial charge is 0.332 e. The van der Waals surface area contributed by atoms with Gasteiger partial charge in [-0.25, -0.2) is 0 Å². The van der Waals surface area contributed by atoms with Crippen molar-refractivity contribution in [3.8, 4) is 0 Å². The smallest absolute Gasteiger partial charge is 0.255 e. The van der Waals surface area contributed by atoms with Gasteiger partial charge in [0, 0.05) is 12.6 Å². The van der Waals surface area contributed by atoms with E-state index in [1.807, 2.05) is 30.9 Å². The summed E-state index contributed by atoms with van der Waals surface area (Å²) in [6.07, 6.45) is 0.837. The fourth-order valence-corrected chi connectivity index (χ4v) is 2.47. The SMILES string of the molecule is CC1(C)C(N)CCN1C(=O)c1ccccc1Cl. The van der Waals surface area contributed by atoms with Crippen LogP contribution < -0.4 is 5.73 Å². The van der Waals surface area contributed by atoms with E-state index in [1.54, 1.807) is 12.1 Å². The minimum atomic E-state index is -0.309. The standard InChI is InChI=1S/C13H17ClN2O/c1-13(2)11(15)7-8-16(13)12(17)9-5-3-4-6-10(9)14/h3-6,11H,7-8,15H2,1-2H3. The molecule has 1 atom stereocenters. The third-order valence-corrected chi connectivity index (χ3v) is 3.95. The summed E-state index contributed by atoms with van der Waals surface area (Å²) in [6, 6.07) is 7.15. The minimum Gasteiger partial charge on any atom is -0.332 e. The molecule has 3 nitrogen and oxygen atoms in total. The maximum Gasteiger partial charge on any atom is 0.255 e. The molecule has 4 heteroatoms. The second-order valence-corrected chi connectivity index (χ2v) is 5.39. The van der Waals surface area contributed by atoms with Crippen molar-refractivity contribution in [2.24, 2.45) is 5.73 Å². The third-order valence-electron chi connectivity index (χ3n) is 3.62. The first kappa shape index (κ1) is 12.4. The number of amides is 1. The van der Waals surface area contributed by atoms with Crippen LogP contribution in [0, 0.1) is 0 Å². The average Bonchev–Trinajstić information content (AvgIpc) is 2.54. The molecule has 0 bridgehead atoms. The quantitative estimate of drug-likeness (QED) is 0.834. The van der Waals surface area contributed by atoms with Gasteiger partial charge in [-0.1, -0.05) is 23.7 Å². The van der Waals surface area contributed by atoms with Gasteiger partial charge in [-0.2, -0.15) is 0 Å². The first-order valence-electron chi connectivity index (χ1n) is 5.76. The second-order valence-electron chi connectivity index (χ2n) is 4.99.